The Bertz CT molecular complexity index is 1370. The van der Waals surface area contributed by atoms with E-state index in [-0.39, 0.29) is 23.0 Å². The molecule has 3 aromatic carbocycles. The van der Waals surface area contributed by atoms with Gasteiger partial charge in [0.05, 0.1) is 10.6 Å². The molecule has 3 aromatic rings. The number of benzene rings is 3. The molecule has 1 N–H and O–H groups in total. The van der Waals surface area contributed by atoms with Crippen LogP contribution in [0.2, 0.25) is 0 Å². The molecule has 7 nitrogen and oxygen atoms in total. The molecule has 0 saturated heterocycles. The van der Waals surface area contributed by atoms with Gasteiger partial charge in [-0.1, -0.05) is 58.7 Å². The molecular weight excluding hydrogens is 573 g/mol. The Morgan fingerprint density at radius 1 is 1.03 bits per heavy atom. The molecule has 0 aliphatic heterocycles. The molecule has 2 amide bonds. The molecule has 1 atom stereocenters. The number of nitrogens with zero attached hydrogens (tertiary/aromatic N) is 2. The summed E-state index contributed by atoms with van der Waals surface area (Å²) in [5, 5.41) is 2.79. The fourth-order valence-corrected chi connectivity index (χ4v) is 5.56. The Morgan fingerprint density at radius 3 is 2.29 bits per heavy atom. The molecule has 202 valence electrons. The molecule has 0 aliphatic carbocycles. The Balaban J connectivity index is 2.01. The van der Waals surface area contributed by atoms with E-state index in [1.54, 1.807) is 43.3 Å². The Morgan fingerprint density at radius 2 is 1.68 bits per heavy atom. The molecule has 0 spiro atoms. The first-order chi connectivity index (χ1) is 18.0. The van der Waals surface area contributed by atoms with E-state index in [0.717, 1.165) is 16.3 Å². The third-order valence-electron chi connectivity index (χ3n) is 5.97. The molecule has 38 heavy (non-hydrogen) atoms. The van der Waals surface area contributed by atoms with E-state index < -0.39 is 34.3 Å². The second kappa shape index (κ2) is 13.0. The Kier molecular flexibility index (Phi) is 10.0. The number of anilines is 1. The minimum absolute atomic E-state index is 0.00325. The first-order valence-corrected chi connectivity index (χ1v) is 14.4. The summed E-state index contributed by atoms with van der Waals surface area (Å²) in [6.45, 7) is 5.25. The SMILES string of the molecule is CCCNC(=O)[C@H](C)N(Cc1ccc(F)cc1)C(=O)CN(c1cccc(Br)c1)S(=O)(=O)c1ccc(C)cc1. The number of hydrogen-bond acceptors (Lipinski definition) is 4. The van der Waals surface area contributed by atoms with Gasteiger partial charge in [-0.15, -0.1) is 0 Å². The van der Waals surface area contributed by atoms with Gasteiger partial charge < -0.3 is 10.2 Å². The third kappa shape index (κ3) is 7.41. The topological polar surface area (TPSA) is 86.8 Å². The minimum atomic E-state index is -4.14. The third-order valence-corrected chi connectivity index (χ3v) is 8.25. The van der Waals surface area contributed by atoms with Gasteiger partial charge in [0, 0.05) is 17.6 Å². The van der Waals surface area contributed by atoms with Crippen LogP contribution in [0.4, 0.5) is 10.1 Å². The molecule has 0 bridgehead atoms. The molecule has 0 aromatic heterocycles. The van der Waals surface area contributed by atoms with Gasteiger partial charge in [0.1, 0.15) is 18.4 Å². The molecule has 3 rings (SSSR count). The fraction of sp³-hybridized carbons (Fsp3) is 0.286. The van der Waals surface area contributed by atoms with Crippen molar-refractivity contribution in [2.24, 2.45) is 0 Å². The average molecular weight is 605 g/mol. The van der Waals surface area contributed by atoms with E-state index in [1.165, 1.54) is 41.3 Å². The largest absolute Gasteiger partial charge is 0.354 e. The van der Waals surface area contributed by atoms with E-state index in [4.69, 9.17) is 0 Å². The van der Waals surface area contributed by atoms with Crippen molar-refractivity contribution in [2.45, 2.75) is 44.7 Å². The van der Waals surface area contributed by atoms with Crippen LogP contribution >= 0.6 is 15.9 Å². The first-order valence-electron chi connectivity index (χ1n) is 12.2. The number of hydrogen-bond donors (Lipinski definition) is 1. The fourth-order valence-electron chi connectivity index (χ4n) is 3.76. The van der Waals surface area contributed by atoms with Gasteiger partial charge in [-0.25, -0.2) is 12.8 Å². The quantitative estimate of drug-likeness (QED) is 0.333. The maximum Gasteiger partial charge on any atom is 0.264 e. The standard InChI is InChI=1S/C28H31BrFN3O4S/c1-4-16-31-28(35)21(3)32(18-22-10-12-24(30)13-11-22)27(34)19-33(25-7-5-6-23(29)17-25)38(36,37)26-14-8-20(2)9-15-26/h5-15,17,21H,4,16,18-19H2,1-3H3,(H,31,35)/t21-/m0/s1. The number of sulfonamides is 1. The molecular formula is C28H31BrFN3O4S. The second-order valence-corrected chi connectivity index (χ2v) is 11.7. The molecule has 0 heterocycles. The van der Waals surface area contributed by atoms with Crippen LogP contribution in [-0.2, 0) is 26.2 Å². The first kappa shape index (κ1) is 29.3. The van der Waals surface area contributed by atoms with Crippen LogP contribution in [0.1, 0.15) is 31.4 Å². The zero-order valence-corrected chi connectivity index (χ0v) is 23.9. The van der Waals surface area contributed by atoms with E-state index >= 15 is 0 Å². The van der Waals surface area contributed by atoms with Crippen molar-refractivity contribution in [2.75, 3.05) is 17.4 Å². The molecule has 0 aliphatic rings. The second-order valence-electron chi connectivity index (χ2n) is 8.92. The van der Waals surface area contributed by atoms with Crippen molar-refractivity contribution >= 4 is 43.5 Å². The average Bonchev–Trinajstić information content (AvgIpc) is 2.89. The van der Waals surface area contributed by atoms with Gasteiger partial charge in [-0.3, -0.25) is 13.9 Å². The number of nitrogens with one attached hydrogen (secondary N) is 1. The van der Waals surface area contributed by atoms with Gasteiger partial charge in [-0.2, -0.15) is 0 Å². The van der Waals surface area contributed by atoms with Crippen molar-refractivity contribution in [3.05, 3.63) is 94.2 Å². The van der Waals surface area contributed by atoms with E-state index in [2.05, 4.69) is 21.2 Å². The van der Waals surface area contributed by atoms with Gasteiger partial charge >= 0.3 is 0 Å². The van der Waals surface area contributed by atoms with E-state index in [1.807, 2.05) is 13.8 Å². The van der Waals surface area contributed by atoms with Crippen LogP contribution in [0.3, 0.4) is 0 Å². The lowest BCUT2D eigenvalue weighted by atomic mass is 10.1. The predicted octanol–water partition coefficient (Wildman–Crippen LogP) is 5.04. The number of carbonyl (C=O) groups excluding carboxylic acids is 2. The monoisotopic (exact) mass is 603 g/mol. The summed E-state index contributed by atoms with van der Waals surface area (Å²) < 4.78 is 42.7. The number of carbonyl (C=O) groups is 2. The highest BCUT2D eigenvalue weighted by atomic mass is 79.9. The van der Waals surface area contributed by atoms with Gasteiger partial charge in [0.25, 0.3) is 10.0 Å². The number of amides is 2. The van der Waals surface area contributed by atoms with Crippen LogP contribution in [0, 0.1) is 12.7 Å². The van der Waals surface area contributed by atoms with E-state index in [9.17, 15) is 22.4 Å². The zero-order valence-electron chi connectivity index (χ0n) is 21.5. The van der Waals surface area contributed by atoms with Gasteiger partial charge in [0.15, 0.2) is 0 Å². The van der Waals surface area contributed by atoms with Crippen LogP contribution in [-0.4, -0.2) is 44.3 Å². The minimum Gasteiger partial charge on any atom is -0.354 e. The maximum atomic E-state index is 13.8. The van der Waals surface area contributed by atoms with Crippen LogP contribution in [0.25, 0.3) is 0 Å². The highest BCUT2D eigenvalue weighted by molar-refractivity contribution is 9.10. The number of aryl methyl sites for hydroxylation is 1. The normalized spacial score (nSPS) is 12.0. The van der Waals surface area contributed by atoms with Crippen molar-refractivity contribution < 1.29 is 22.4 Å². The van der Waals surface area contributed by atoms with Crippen LogP contribution in [0.15, 0.2) is 82.2 Å². The highest BCUT2D eigenvalue weighted by Gasteiger charge is 2.32. The molecule has 10 heteroatoms. The highest BCUT2D eigenvalue weighted by Crippen LogP contribution is 2.27. The van der Waals surface area contributed by atoms with Crippen LogP contribution < -0.4 is 9.62 Å². The summed E-state index contributed by atoms with van der Waals surface area (Å²) in [7, 11) is -4.14. The summed E-state index contributed by atoms with van der Waals surface area (Å²) in [5.74, 6) is -1.37. The molecule has 0 saturated carbocycles. The number of halogens is 2. The lowest BCUT2D eigenvalue weighted by molar-refractivity contribution is -0.139. The summed E-state index contributed by atoms with van der Waals surface area (Å²) in [4.78, 5) is 28.0. The summed E-state index contributed by atoms with van der Waals surface area (Å²) >= 11 is 3.37. The van der Waals surface area contributed by atoms with Crippen molar-refractivity contribution in [1.82, 2.24) is 10.2 Å². The van der Waals surface area contributed by atoms with Crippen molar-refractivity contribution in [1.29, 1.82) is 0 Å². The van der Waals surface area contributed by atoms with Gasteiger partial charge in [0.2, 0.25) is 11.8 Å². The maximum absolute atomic E-state index is 13.8. The number of rotatable bonds is 11. The van der Waals surface area contributed by atoms with Crippen LogP contribution in [0.5, 0.6) is 0 Å². The van der Waals surface area contributed by atoms with E-state index in [0.29, 0.717) is 16.6 Å². The predicted molar refractivity (Wildman–Crippen MR) is 150 cm³/mol. The summed E-state index contributed by atoms with van der Waals surface area (Å²) in [6, 6.07) is 17.7. The lowest BCUT2D eigenvalue weighted by Crippen LogP contribution is -2.51. The molecule has 0 fully saturated rings. The van der Waals surface area contributed by atoms with Crippen molar-refractivity contribution in [3.8, 4) is 0 Å². The lowest BCUT2D eigenvalue weighted by Gasteiger charge is -2.32. The Labute approximate surface area is 231 Å². The smallest absolute Gasteiger partial charge is 0.264 e. The molecule has 0 radical (unpaired) electrons. The zero-order chi connectivity index (χ0) is 27.9. The molecule has 0 unspecified atom stereocenters. The van der Waals surface area contributed by atoms with Crippen molar-refractivity contribution in [3.63, 3.8) is 0 Å². The summed E-state index contributed by atoms with van der Waals surface area (Å²) in [6.07, 6.45) is 0.718. The summed E-state index contributed by atoms with van der Waals surface area (Å²) in [5.41, 5.74) is 1.79. The Hall–Kier alpha value is -3.24. The van der Waals surface area contributed by atoms with Gasteiger partial charge in [-0.05, 0) is 68.3 Å².